The maximum Gasteiger partial charge on any atom is 0.234 e. The number of nitrogens with two attached hydrogens (primary N) is 1. The van der Waals surface area contributed by atoms with Crippen LogP contribution in [0.3, 0.4) is 0 Å². The summed E-state index contributed by atoms with van der Waals surface area (Å²) >= 11 is 0. The lowest BCUT2D eigenvalue weighted by Gasteiger charge is -2.28. The molecule has 0 radical (unpaired) electrons. The average Bonchev–Trinajstić information content (AvgIpc) is 2.46. The van der Waals surface area contributed by atoms with Gasteiger partial charge in [-0.25, -0.2) is 0 Å². The standard InChI is InChI=1S/C15H23N3O/c1-12(15(16)19)17-11-13-5-7-14(8-6-13)18-9-3-2-4-10-18/h5-8,12,17H,2-4,9-11H2,1H3,(H2,16,19). The first-order valence-corrected chi connectivity index (χ1v) is 7.03. The summed E-state index contributed by atoms with van der Waals surface area (Å²) < 4.78 is 0. The highest BCUT2D eigenvalue weighted by Crippen LogP contribution is 2.20. The summed E-state index contributed by atoms with van der Waals surface area (Å²) in [7, 11) is 0. The van der Waals surface area contributed by atoms with E-state index in [1.807, 2.05) is 0 Å². The van der Waals surface area contributed by atoms with E-state index in [0.29, 0.717) is 6.54 Å². The molecule has 1 aliphatic heterocycles. The van der Waals surface area contributed by atoms with Crippen molar-refractivity contribution in [2.24, 2.45) is 5.73 Å². The predicted octanol–water partition coefficient (Wildman–Crippen LogP) is 1.64. The molecule has 1 unspecified atom stereocenters. The Morgan fingerprint density at radius 1 is 1.26 bits per heavy atom. The first-order valence-electron chi connectivity index (χ1n) is 7.03. The molecule has 0 bridgehead atoms. The van der Waals surface area contributed by atoms with Gasteiger partial charge in [-0.05, 0) is 43.9 Å². The van der Waals surface area contributed by atoms with Crippen LogP contribution >= 0.6 is 0 Å². The highest BCUT2D eigenvalue weighted by atomic mass is 16.1. The minimum absolute atomic E-state index is 0.290. The quantitative estimate of drug-likeness (QED) is 0.847. The lowest BCUT2D eigenvalue weighted by Crippen LogP contribution is -2.38. The molecule has 4 nitrogen and oxygen atoms in total. The minimum atomic E-state index is -0.315. The number of benzene rings is 1. The zero-order valence-corrected chi connectivity index (χ0v) is 11.6. The van der Waals surface area contributed by atoms with Crippen LogP contribution in [-0.2, 0) is 11.3 Å². The highest BCUT2D eigenvalue weighted by Gasteiger charge is 2.11. The van der Waals surface area contributed by atoms with Gasteiger partial charge >= 0.3 is 0 Å². The van der Waals surface area contributed by atoms with E-state index in [-0.39, 0.29) is 11.9 Å². The van der Waals surface area contributed by atoms with E-state index < -0.39 is 0 Å². The Kier molecular flexibility index (Phi) is 4.80. The predicted molar refractivity (Wildman–Crippen MR) is 78.0 cm³/mol. The van der Waals surface area contributed by atoms with Crippen molar-refractivity contribution in [3.8, 4) is 0 Å². The van der Waals surface area contributed by atoms with Crippen LogP contribution in [0.15, 0.2) is 24.3 Å². The monoisotopic (exact) mass is 261 g/mol. The van der Waals surface area contributed by atoms with Crippen LogP contribution in [0.5, 0.6) is 0 Å². The van der Waals surface area contributed by atoms with Crippen molar-refractivity contribution in [2.45, 2.75) is 38.8 Å². The van der Waals surface area contributed by atoms with Gasteiger partial charge in [-0.15, -0.1) is 0 Å². The molecule has 0 aromatic heterocycles. The van der Waals surface area contributed by atoms with E-state index in [0.717, 1.165) is 13.1 Å². The van der Waals surface area contributed by atoms with Gasteiger partial charge in [0.05, 0.1) is 6.04 Å². The summed E-state index contributed by atoms with van der Waals surface area (Å²) in [5.74, 6) is -0.315. The summed E-state index contributed by atoms with van der Waals surface area (Å²) in [6.45, 7) is 4.78. The molecule has 2 rings (SSSR count). The SMILES string of the molecule is CC(NCc1ccc(N2CCCCC2)cc1)C(N)=O. The van der Waals surface area contributed by atoms with Gasteiger partial charge in [0.25, 0.3) is 0 Å². The second kappa shape index (κ2) is 6.57. The van der Waals surface area contributed by atoms with Gasteiger partial charge in [-0.3, -0.25) is 4.79 Å². The zero-order chi connectivity index (χ0) is 13.7. The molecular weight excluding hydrogens is 238 g/mol. The van der Waals surface area contributed by atoms with Gasteiger partial charge in [0.2, 0.25) is 5.91 Å². The summed E-state index contributed by atoms with van der Waals surface area (Å²) in [5.41, 5.74) is 7.69. The molecule has 4 heteroatoms. The van der Waals surface area contributed by atoms with Crippen LogP contribution in [-0.4, -0.2) is 25.0 Å². The van der Waals surface area contributed by atoms with Gasteiger partial charge in [0.15, 0.2) is 0 Å². The zero-order valence-electron chi connectivity index (χ0n) is 11.6. The Morgan fingerprint density at radius 2 is 1.89 bits per heavy atom. The van der Waals surface area contributed by atoms with E-state index in [4.69, 9.17) is 5.73 Å². The van der Waals surface area contributed by atoms with Crippen LogP contribution in [0.1, 0.15) is 31.7 Å². The van der Waals surface area contributed by atoms with E-state index in [1.54, 1.807) is 6.92 Å². The third-order valence-electron chi connectivity index (χ3n) is 3.70. The number of amides is 1. The Morgan fingerprint density at radius 3 is 2.47 bits per heavy atom. The van der Waals surface area contributed by atoms with E-state index in [2.05, 4.69) is 34.5 Å². The van der Waals surface area contributed by atoms with Gasteiger partial charge in [-0.1, -0.05) is 12.1 Å². The normalized spacial score (nSPS) is 17.2. The Labute approximate surface area is 115 Å². The molecule has 1 aromatic carbocycles. The van der Waals surface area contributed by atoms with E-state index >= 15 is 0 Å². The maximum atomic E-state index is 10.9. The number of nitrogens with zero attached hydrogens (tertiary/aromatic N) is 1. The molecule has 1 fully saturated rings. The molecule has 3 N–H and O–H groups in total. The Balaban J connectivity index is 1.89. The van der Waals surface area contributed by atoms with Gasteiger partial charge in [-0.2, -0.15) is 0 Å². The number of anilines is 1. The van der Waals surface area contributed by atoms with Crippen molar-refractivity contribution in [3.63, 3.8) is 0 Å². The van der Waals surface area contributed by atoms with E-state index in [9.17, 15) is 4.79 Å². The highest BCUT2D eigenvalue weighted by molar-refractivity contribution is 5.79. The third kappa shape index (κ3) is 3.96. The number of carbonyl (C=O) groups excluding carboxylic acids is 1. The van der Waals surface area contributed by atoms with Gasteiger partial charge in [0.1, 0.15) is 0 Å². The van der Waals surface area contributed by atoms with Gasteiger partial charge < -0.3 is 16.0 Å². The molecule has 1 aliphatic rings. The lowest BCUT2D eigenvalue weighted by atomic mass is 10.1. The van der Waals surface area contributed by atoms with Crippen LogP contribution in [0.4, 0.5) is 5.69 Å². The molecule has 1 saturated heterocycles. The molecule has 1 amide bonds. The molecule has 0 spiro atoms. The van der Waals surface area contributed by atoms with Crippen LogP contribution in [0.25, 0.3) is 0 Å². The second-order valence-corrected chi connectivity index (χ2v) is 5.22. The van der Waals surface area contributed by atoms with Crippen molar-refractivity contribution in [1.29, 1.82) is 0 Å². The Bertz CT molecular complexity index is 410. The molecule has 104 valence electrons. The summed E-state index contributed by atoms with van der Waals surface area (Å²) in [6, 6.07) is 8.27. The number of hydrogen-bond acceptors (Lipinski definition) is 3. The molecule has 1 heterocycles. The molecule has 19 heavy (non-hydrogen) atoms. The van der Waals surface area contributed by atoms with Crippen molar-refractivity contribution in [3.05, 3.63) is 29.8 Å². The number of hydrogen-bond donors (Lipinski definition) is 2. The Hall–Kier alpha value is -1.55. The first-order chi connectivity index (χ1) is 9.16. The summed E-state index contributed by atoms with van der Waals surface area (Å²) in [5, 5.41) is 3.11. The fraction of sp³-hybridized carbons (Fsp3) is 0.533. The van der Waals surface area contributed by atoms with Crippen molar-refractivity contribution in [1.82, 2.24) is 5.32 Å². The largest absolute Gasteiger partial charge is 0.372 e. The van der Waals surface area contributed by atoms with Crippen LogP contribution in [0.2, 0.25) is 0 Å². The minimum Gasteiger partial charge on any atom is -0.372 e. The smallest absolute Gasteiger partial charge is 0.234 e. The molecule has 0 aliphatic carbocycles. The van der Waals surface area contributed by atoms with E-state index in [1.165, 1.54) is 30.5 Å². The lowest BCUT2D eigenvalue weighted by molar-refractivity contribution is -0.119. The topological polar surface area (TPSA) is 58.4 Å². The van der Waals surface area contributed by atoms with Crippen LogP contribution in [0, 0.1) is 0 Å². The third-order valence-corrected chi connectivity index (χ3v) is 3.70. The van der Waals surface area contributed by atoms with Crippen molar-refractivity contribution in [2.75, 3.05) is 18.0 Å². The molecular formula is C15H23N3O. The van der Waals surface area contributed by atoms with Crippen molar-refractivity contribution >= 4 is 11.6 Å². The van der Waals surface area contributed by atoms with Crippen molar-refractivity contribution < 1.29 is 4.79 Å². The number of rotatable bonds is 5. The summed E-state index contributed by atoms with van der Waals surface area (Å²) in [6.07, 6.45) is 3.93. The maximum absolute atomic E-state index is 10.9. The number of piperidine rings is 1. The fourth-order valence-electron chi connectivity index (χ4n) is 2.35. The average molecular weight is 261 g/mol. The molecule has 1 aromatic rings. The fourth-order valence-corrected chi connectivity index (χ4v) is 2.35. The number of carbonyl (C=O) groups is 1. The second-order valence-electron chi connectivity index (χ2n) is 5.22. The number of primary amides is 1. The molecule has 1 atom stereocenters. The van der Waals surface area contributed by atoms with Crippen LogP contribution < -0.4 is 16.0 Å². The number of nitrogens with one attached hydrogen (secondary N) is 1. The summed E-state index contributed by atoms with van der Waals surface area (Å²) in [4.78, 5) is 13.4. The molecule has 0 saturated carbocycles. The van der Waals surface area contributed by atoms with Gasteiger partial charge in [0, 0.05) is 25.3 Å². The first kappa shape index (κ1) is 13.9.